The van der Waals surface area contributed by atoms with E-state index < -0.39 is 0 Å². The Hall–Kier alpha value is -1.85. The van der Waals surface area contributed by atoms with Crippen LogP contribution in [-0.4, -0.2) is 41.2 Å². The Balaban J connectivity index is 1.86. The highest BCUT2D eigenvalue weighted by atomic mass is 35.5. The Morgan fingerprint density at radius 3 is 2.71 bits per heavy atom. The molecule has 0 aliphatic carbocycles. The van der Waals surface area contributed by atoms with Crippen LogP contribution in [0, 0.1) is 0 Å². The summed E-state index contributed by atoms with van der Waals surface area (Å²) >= 11 is 5.82. The SMILES string of the molecule is CN(C)CCn1cc(NC(=O)Cc2ccc(Cl)cc2)cn1. The van der Waals surface area contributed by atoms with Crippen LogP contribution in [0.25, 0.3) is 0 Å². The van der Waals surface area contributed by atoms with Crippen molar-refractivity contribution in [2.24, 2.45) is 0 Å². The lowest BCUT2D eigenvalue weighted by molar-refractivity contribution is -0.115. The molecular weight excluding hydrogens is 288 g/mol. The number of hydrogen-bond donors (Lipinski definition) is 1. The third-order valence-corrected chi connectivity index (χ3v) is 3.22. The fraction of sp³-hybridized carbons (Fsp3) is 0.333. The van der Waals surface area contributed by atoms with E-state index in [1.165, 1.54) is 0 Å². The predicted octanol–water partition coefficient (Wildman–Crippen LogP) is 2.28. The maximum Gasteiger partial charge on any atom is 0.228 e. The molecule has 112 valence electrons. The molecule has 1 aromatic carbocycles. The topological polar surface area (TPSA) is 50.2 Å². The molecule has 0 unspecified atom stereocenters. The number of rotatable bonds is 6. The average molecular weight is 307 g/mol. The summed E-state index contributed by atoms with van der Waals surface area (Å²) in [5.41, 5.74) is 1.64. The molecule has 2 aromatic rings. The largest absolute Gasteiger partial charge is 0.323 e. The molecule has 0 atom stereocenters. The number of aromatic nitrogens is 2. The molecule has 0 saturated heterocycles. The van der Waals surface area contributed by atoms with Crippen molar-refractivity contribution in [3.63, 3.8) is 0 Å². The molecular formula is C15H19ClN4O. The standard InChI is InChI=1S/C15H19ClN4O/c1-19(2)7-8-20-11-14(10-17-20)18-15(21)9-12-3-5-13(16)6-4-12/h3-6,10-11H,7-9H2,1-2H3,(H,18,21). The summed E-state index contributed by atoms with van der Waals surface area (Å²) in [4.78, 5) is 14.0. The minimum atomic E-state index is -0.0653. The first-order chi connectivity index (χ1) is 10.0. The zero-order valence-corrected chi connectivity index (χ0v) is 13.0. The van der Waals surface area contributed by atoms with Gasteiger partial charge in [0.15, 0.2) is 0 Å². The van der Waals surface area contributed by atoms with Gasteiger partial charge in [-0.1, -0.05) is 23.7 Å². The molecule has 6 heteroatoms. The van der Waals surface area contributed by atoms with Gasteiger partial charge in [-0.2, -0.15) is 5.10 Å². The van der Waals surface area contributed by atoms with Crippen LogP contribution in [-0.2, 0) is 17.8 Å². The van der Waals surface area contributed by atoms with Crippen molar-refractivity contribution in [2.75, 3.05) is 26.0 Å². The Labute approximate surface area is 129 Å². The minimum absolute atomic E-state index is 0.0653. The summed E-state index contributed by atoms with van der Waals surface area (Å²) in [5, 5.41) is 7.73. The molecule has 2 rings (SSSR count). The summed E-state index contributed by atoms with van der Waals surface area (Å²) in [6.45, 7) is 1.69. The van der Waals surface area contributed by atoms with Gasteiger partial charge in [-0.3, -0.25) is 9.48 Å². The molecule has 0 bridgehead atoms. The van der Waals surface area contributed by atoms with E-state index >= 15 is 0 Å². The van der Waals surface area contributed by atoms with Crippen LogP contribution in [0.5, 0.6) is 0 Å². The third-order valence-electron chi connectivity index (χ3n) is 2.97. The van der Waals surface area contributed by atoms with Crippen LogP contribution in [0.4, 0.5) is 5.69 Å². The number of benzene rings is 1. The minimum Gasteiger partial charge on any atom is -0.323 e. The van der Waals surface area contributed by atoms with Crippen LogP contribution >= 0.6 is 11.6 Å². The molecule has 21 heavy (non-hydrogen) atoms. The van der Waals surface area contributed by atoms with E-state index in [4.69, 9.17) is 11.6 Å². The maximum absolute atomic E-state index is 12.0. The van der Waals surface area contributed by atoms with Gasteiger partial charge >= 0.3 is 0 Å². The number of anilines is 1. The van der Waals surface area contributed by atoms with Gasteiger partial charge in [0.25, 0.3) is 0 Å². The molecule has 0 aliphatic rings. The van der Waals surface area contributed by atoms with Crippen LogP contribution in [0.1, 0.15) is 5.56 Å². The lowest BCUT2D eigenvalue weighted by Gasteiger charge is -2.08. The van der Waals surface area contributed by atoms with Gasteiger partial charge in [-0.25, -0.2) is 0 Å². The number of nitrogens with zero attached hydrogens (tertiary/aromatic N) is 3. The van der Waals surface area contributed by atoms with Gasteiger partial charge in [0, 0.05) is 17.8 Å². The van der Waals surface area contributed by atoms with E-state index in [1.54, 1.807) is 18.3 Å². The first kappa shape index (κ1) is 15.5. The summed E-state index contributed by atoms with van der Waals surface area (Å²) in [5.74, 6) is -0.0653. The highest BCUT2D eigenvalue weighted by molar-refractivity contribution is 6.30. The van der Waals surface area contributed by atoms with Crippen molar-refractivity contribution in [1.29, 1.82) is 0 Å². The summed E-state index contributed by atoms with van der Waals surface area (Å²) < 4.78 is 1.82. The smallest absolute Gasteiger partial charge is 0.228 e. The molecule has 0 aliphatic heterocycles. The average Bonchev–Trinajstić information content (AvgIpc) is 2.86. The fourth-order valence-electron chi connectivity index (χ4n) is 1.85. The first-order valence-electron chi connectivity index (χ1n) is 6.74. The lowest BCUT2D eigenvalue weighted by Crippen LogP contribution is -2.18. The lowest BCUT2D eigenvalue weighted by atomic mass is 10.1. The van der Waals surface area contributed by atoms with Crippen molar-refractivity contribution in [1.82, 2.24) is 14.7 Å². The molecule has 5 nitrogen and oxygen atoms in total. The van der Waals surface area contributed by atoms with Crippen molar-refractivity contribution >= 4 is 23.2 Å². The fourth-order valence-corrected chi connectivity index (χ4v) is 1.97. The van der Waals surface area contributed by atoms with Crippen molar-refractivity contribution in [3.05, 3.63) is 47.2 Å². The van der Waals surface area contributed by atoms with E-state index in [0.717, 1.165) is 18.7 Å². The van der Waals surface area contributed by atoms with Gasteiger partial charge in [-0.05, 0) is 31.8 Å². The van der Waals surface area contributed by atoms with Crippen LogP contribution in [0.3, 0.4) is 0 Å². The molecule has 1 heterocycles. The first-order valence-corrected chi connectivity index (χ1v) is 7.12. The van der Waals surface area contributed by atoms with E-state index in [0.29, 0.717) is 17.1 Å². The van der Waals surface area contributed by atoms with Gasteiger partial charge in [0.1, 0.15) is 0 Å². The summed E-state index contributed by atoms with van der Waals surface area (Å²) in [6, 6.07) is 7.26. The number of halogens is 1. The Morgan fingerprint density at radius 1 is 1.33 bits per heavy atom. The quantitative estimate of drug-likeness (QED) is 0.891. The number of amides is 1. The van der Waals surface area contributed by atoms with Crippen molar-refractivity contribution in [2.45, 2.75) is 13.0 Å². The van der Waals surface area contributed by atoms with Crippen LogP contribution in [0.15, 0.2) is 36.7 Å². The second-order valence-electron chi connectivity index (χ2n) is 5.15. The van der Waals surface area contributed by atoms with E-state index in [9.17, 15) is 4.79 Å². The Morgan fingerprint density at radius 2 is 2.05 bits per heavy atom. The van der Waals surface area contributed by atoms with Crippen LogP contribution in [0.2, 0.25) is 5.02 Å². The number of carbonyl (C=O) groups excluding carboxylic acids is 1. The van der Waals surface area contributed by atoms with Gasteiger partial charge in [0.05, 0.1) is 24.8 Å². The van der Waals surface area contributed by atoms with Gasteiger partial charge in [-0.15, -0.1) is 0 Å². The highest BCUT2D eigenvalue weighted by Crippen LogP contribution is 2.11. The Bertz CT molecular complexity index is 592. The Kier molecular flexibility index (Phi) is 5.36. The van der Waals surface area contributed by atoms with Crippen molar-refractivity contribution < 1.29 is 4.79 Å². The van der Waals surface area contributed by atoms with E-state index in [-0.39, 0.29) is 5.91 Å². The molecule has 1 N–H and O–H groups in total. The number of likely N-dealkylation sites (N-methyl/N-ethyl adjacent to an activating group) is 1. The normalized spacial score (nSPS) is 10.9. The molecule has 0 fully saturated rings. The second kappa shape index (κ2) is 7.24. The molecule has 1 amide bonds. The van der Waals surface area contributed by atoms with Gasteiger partial charge in [0.2, 0.25) is 5.91 Å². The number of hydrogen-bond acceptors (Lipinski definition) is 3. The van der Waals surface area contributed by atoms with Crippen LogP contribution < -0.4 is 5.32 Å². The predicted molar refractivity (Wildman–Crippen MR) is 84.6 cm³/mol. The molecule has 0 radical (unpaired) electrons. The molecule has 1 aromatic heterocycles. The maximum atomic E-state index is 12.0. The number of carbonyl (C=O) groups is 1. The summed E-state index contributed by atoms with van der Waals surface area (Å²) in [6.07, 6.45) is 3.82. The summed E-state index contributed by atoms with van der Waals surface area (Å²) in [7, 11) is 4.02. The molecule has 0 spiro atoms. The number of nitrogens with one attached hydrogen (secondary N) is 1. The van der Waals surface area contributed by atoms with Crippen molar-refractivity contribution in [3.8, 4) is 0 Å². The van der Waals surface area contributed by atoms with E-state index in [2.05, 4.69) is 15.3 Å². The van der Waals surface area contributed by atoms with E-state index in [1.807, 2.05) is 37.1 Å². The molecule has 0 saturated carbocycles. The van der Waals surface area contributed by atoms with Gasteiger partial charge < -0.3 is 10.2 Å². The zero-order valence-electron chi connectivity index (χ0n) is 12.2. The highest BCUT2D eigenvalue weighted by Gasteiger charge is 2.06. The second-order valence-corrected chi connectivity index (χ2v) is 5.58. The monoisotopic (exact) mass is 306 g/mol. The zero-order chi connectivity index (χ0) is 15.2. The third kappa shape index (κ3) is 5.21.